The molecule has 1 amide bonds. The summed E-state index contributed by atoms with van der Waals surface area (Å²) in [6.45, 7) is 5.80. The third-order valence-electron chi connectivity index (χ3n) is 2.47. The van der Waals surface area contributed by atoms with Gasteiger partial charge in [-0.25, -0.2) is 4.98 Å². The first-order chi connectivity index (χ1) is 8.19. The fourth-order valence-electron chi connectivity index (χ4n) is 1.57. The third-order valence-corrected chi connectivity index (χ3v) is 2.47. The maximum absolute atomic E-state index is 12.0. The van der Waals surface area contributed by atoms with Gasteiger partial charge in [0.05, 0.1) is 0 Å². The average molecular weight is 235 g/mol. The van der Waals surface area contributed by atoms with Gasteiger partial charge in [0.25, 0.3) is 5.91 Å². The van der Waals surface area contributed by atoms with Crippen molar-refractivity contribution >= 4 is 11.7 Å². The lowest BCUT2D eigenvalue weighted by atomic mass is 10.2. The largest absolute Gasteiger partial charge is 0.370 e. The quantitative estimate of drug-likeness (QED) is 0.823. The SMILES string of the molecule is CCCNc1cc(C(=O)N(C)CCC)ccn1. The van der Waals surface area contributed by atoms with Crippen LogP contribution in [0.25, 0.3) is 0 Å². The van der Waals surface area contributed by atoms with Gasteiger partial charge in [-0.15, -0.1) is 0 Å². The highest BCUT2D eigenvalue weighted by molar-refractivity contribution is 5.94. The Balaban J connectivity index is 2.73. The molecule has 0 aromatic carbocycles. The molecule has 0 fully saturated rings. The molecule has 4 nitrogen and oxygen atoms in total. The Kier molecular flexibility index (Phi) is 5.46. The fourth-order valence-corrected chi connectivity index (χ4v) is 1.57. The number of pyridine rings is 1. The van der Waals surface area contributed by atoms with E-state index in [1.807, 2.05) is 13.1 Å². The number of aromatic nitrogens is 1. The summed E-state index contributed by atoms with van der Waals surface area (Å²) in [5, 5.41) is 3.18. The van der Waals surface area contributed by atoms with Gasteiger partial charge < -0.3 is 10.2 Å². The van der Waals surface area contributed by atoms with Gasteiger partial charge in [0.2, 0.25) is 0 Å². The van der Waals surface area contributed by atoms with Crippen molar-refractivity contribution in [2.75, 3.05) is 25.5 Å². The molecule has 94 valence electrons. The van der Waals surface area contributed by atoms with Crippen LogP contribution in [0.3, 0.4) is 0 Å². The minimum Gasteiger partial charge on any atom is -0.370 e. The zero-order valence-corrected chi connectivity index (χ0v) is 10.9. The number of hydrogen-bond acceptors (Lipinski definition) is 3. The van der Waals surface area contributed by atoms with E-state index in [9.17, 15) is 4.79 Å². The molecule has 0 bridgehead atoms. The molecule has 0 saturated carbocycles. The molecule has 0 aliphatic heterocycles. The lowest BCUT2D eigenvalue weighted by Gasteiger charge is -2.16. The van der Waals surface area contributed by atoms with E-state index < -0.39 is 0 Å². The van der Waals surface area contributed by atoms with E-state index in [1.165, 1.54) is 0 Å². The Morgan fingerprint density at radius 1 is 1.41 bits per heavy atom. The summed E-state index contributed by atoms with van der Waals surface area (Å²) in [6, 6.07) is 3.57. The highest BCUT2D eigenvalue weighted by Gasteiger charge is 2.11. The number of hydrogen-bond donors (Lipinski definition) is 1. The van der Waals surface area contributed by atoms with E-state index in [-0.39, 0.29) is 5.91 Å². The Labute approximate surface area is 103 Å². The van der Waals surface area contributed by atoms with Gasteiger partial charge in [0, 0.05) is 31.9 Å². The fraction of sp³-hybridized carbons (Fsp3) is 0.538. The second-order valence-corrected chi connectivity index (χ2v) is 4.08. The summed E-state index contributed by atoms with van der Waals surface area (Å²) in [4.78, 5) is 17.9. The second kappa shape index (κ2) is 6.89. The number of carbonyl (C=O) groups excluding carboxylic acids is 1. The first kappa shape index (κ1) is 13.5. The van der Waals surface area contributed by atoms with Gasteiger partial charge in [-0.2, -0.15) is 0 Å². The highest BCUT2D eigenvalue weighted by atomic mass is 16.2. The maximum Gasteiger partial charge on any atom is 0.253 e. The predicted octanol–water partition coefficient (Wildman–Crippen LogP) is 2.39. The van der Waals surface area contributed by atoms with Crippen molar-refractivity contribution in [3.63, 3.8) is 0 Å². The van der Waals surface area contributed by atoms with Gasteiger partial charge in [0.15, 0.2) is 0 Å². The molecular weight excluding hydrogens is 214 g/mol. The summed E-state index contributed by atoms with van der Waals surface area (Å²) in [6.07, 6.45) is 3.68. The topological polar surface area (TPSA) is 45.2 Å². The van der Waals surface area contributed by atoms with E-state index in [0.717, 1.165) is 31.7 Å². The Morgan fingerprint density at radius 2 is 2.18 bits per heavy atom. The molecule has 1 rings (SSSR count). The molecular formula is C13H21N3O. The molecule has 0 aliphatic carbocycles. The highest BCUT2D eigenvalue weighted by Crippen LogP contribution is 2.09. The van der Waals surface area contributed by atoms with Crippen LogP contribution >= 0.6 is 0 Å². The van der Waals surface area contributed by atoms with Crippen molar-refractivity contribution in [1.82, 2.24) is 9.88 Å². The average Bonchev–Trinajstić information content (AvgIpc) is 2.36. The first-order valence-corrected chi connectivity index (χ1v) is 6.14. The lowest BCUT2D eigenvalue weighted by molar-refractivity contribution is 0.0795. The molecule has 0 radical (unpaired) electrons. The summed E-state index contributed by atoms with van der Waals surface area (Å²) < 4.78 is 0. The van der Waals surface area contributed by atoms with Crippen LogP contribution in [0.2, 0.25) is 0 Å². The molecule has 1 aromatic heterocycles. The van der Waals surface area contributed by atoms with E-state index in [0.29, 0.717) is 5.56 Å². The van der Waals surface area contributed by atoms with Crippen molar-refractivity contribution in [2.45, 2.75) is 26.7 Å². The molecule has 1 aromatic rings. The summed E-state index contributed by atoms with van der Waals surface area (Å²) in [7, 11) is 1.82. The zero-order chi connectivity index (χ0) is 12.7. The smallest absolute Gasteiger partial charge is 0.253 e. The molecule has 0 atom stereocenters. The number of rotatable bonds is 6. The first-order valence-electron chi connectivity index (χ1n) is 6.14. The Morgan fingerprint density at radius 3 is 2.82 bits per heavy atom. The number of anilines is 1. The van der Waals surface area contributed by atoms with Crippen LogP contribution in [0.4, 0.5) is 5.82 Å². The number of nitrogens with one attached hydrogen (secondary N) is 1. The third kappa shape index (κ3) is 4.06. The van der Waals surface area contributed by atoms with E-state index in [2.05, 4.69) is 24.1 Å². The van der Waals surface area contributed by atoms with Crippen LogP contribution in [0, 0.1) is 0 Å². The maximum atomic E-state index is 12.0. The van der Waals surface area contributed by atoms with Crippen molar-refractivity contribution in [1.29, 1.82) is 0 Å². The number of carbonyl (C=O) groups is 1. The van der Waals surface area contributed by atoms with Crippen molar-refractivity contribution in [2.24, 2.45) is 0 Å². The van der Waals surface area contributed by atoms with Gasteiger partial charge in [-0.1, -0.05) is 13.8 Å². The molecule has 0 saturated heterocycles. The van der Waals surface area contributed by atoms with Gasteiger partial charge >= 0.3 is 0 Å². The van der Waals surface area contributed by atoms with Crippen LogP contribution < -0.4 is 5.32 Å². The summed E-state index contributed by atoms with van der Waals surface area (Å²) >= 11 is 0. The van der Waals surface area contributed by atoms with E-state index >= 15 is 0 Å². The molecule has 1 N–H and O–H groups in total. The van der Waals surface area contributed by atoms with Crippen LogP contribution in [-0.4, -0.2) is 35.9 Å². The predicted molar refractivity (Wildman–Crippen MR) is 70.3 cm³/mol. The number of amides is 1. The van der Waals surface area contributed by atoms with Crippen LogP contribution in [0.15, 0.2) is 18.3 Å². The molecule has 1 heterocycles. The van der Waals surface area contributed by atoms with E-state index in [4.69, 9.17) is 0 Å². The van der Waals surface area contributed by atoms with Gasteiger partial charge in [-0.05, 0) is 25.0 Å². The normalized spacial score (nSPS) is 10.1. The van der Waals surface area contributed by atoms with Gasteiger partial charge in [0.1, 0.15) is 5.82 Å². The molecule has 0 spiro atoms. The number of nitrogens with zero attached hydrogens (tertiary/aromatic N) is 2. The summed E-state index contributed by atoms with van der Waals surface area (Å²) in [5.74, 6) is 0.816. The standard InChI is InChI=1S/C13H21N3O/c1-4-7-14-12-10-11(6-8-15-12)13(17)16(3)9-5-2/h6,8,10H,4-5,7,9H2,1-3H3,(H,14,15). The van der Waals surface area contributed by atoms with E-state index in [1.54, 1.807) is 17.2 Å². The Hall–Kier alpha value is -1.58. The second-order valence-electron chi connectivity index (χ2n) is 4.08. The molecule has 0 aliphatic rings. The summed E-state index contributed by atoms with van der Waals surface area (Å²) in [5.41, 5.74) is 0.689. The van der Waals surface area contributed by atoms with Crippen molar-refractivity contribution in [3.8, 4) is 0 Å². The lowest BCUT2D eigenvalue weighted by Crippen LogP contribution is -2.27. The zero-order valence-electron chi connectivity index (χ0n) is 10.9. The van der Waals surface area contributed by atoms with Crippen LogP contribution in [0.1, 0.15) is 37.0 Å². The van der Waals surface area contributed by atoms with Gasteiger partial charge in [-0.3, -0.25) is 4.79 Å². The van der Waals surface area contributed by atoms with Crippen LogP contribution in [-0.2, 0) is 0 Å². The Bertz CT molecular complexity index is 365. The van der Waals surface area contributed by atoms with Crippen molar-refractivity contribution < 1.29 is 4.79 Å². The minimum atomic E-state index is 0.0498. The molecule has 4 heteroatoms. The van der Waals surface area contributed by atoms with Crippen molar-refractivity contribution in [3.05, 3.63) is 23.9 Å². The molecule has 17 heavy (non-hydrogen) atoms. The monoisotopic (exact) mass is 235 g/mol. The molecule has 0 unspecified atom stereocenters. The minimum absolute atomic E-state index is 0.0498. The van der Waals surface area contributed by atoms with Crippen LogP contribution in [0.5, 0.6) is 0 Å².